The molecule has 2 rings (SSSR count). The highest BCUT2D eigenvalue weighted by molar-refractivity contribution is 7.17. The largest absolute Gasteiger partial charge is 0.472 e. The third-order valence-corrected chi connectivity index (χ3v) is 2.75. The second-order valence-electron chi connectivity index (χ2n) is 2.70. The van der Waals surface area contributed by atoms with Crippen LogP contribution >= 0.6 is 11.3 Å². The molecule has 0 atom stereocenters. The Balaban J connectivity index is 2.58. The number of carboxylic acid groups (broad SMARTS) is 1. The van der Waals surface area contributed by atoms with Gasteiger partial charge in [0.2, 0.25) is 0 Å². The van der Waals surface area contributed by atoms with Gasteiger partial charge in [0.1, 0.15) is 0 Å². The van der Waals surface area contributed by atoms with Crippen molar-refractivity contribution in [1.29, 1.82) is 0 Å². The van der Waals surface area contributed by atoms with Crippen LogP contribution in [0.25, 0.3) is 10.1 Å². The molecule has 0 radical (unpaired) electrons. The predicted molar refractivity (Wildman–Crippen MR) is 56.3 cm³/mol. The van der Waals surface area contributed by atoms with Crippen LogP contribution in [0.3, 0.4) is 0 Å². The van der Waals surface area contributed by atoms with Gasteiger partial charge in [0.15, 0.2) is 0 Å². The van der Waals surface area contributed by atoms with E-state index in [1.54, 1.807) is 11.3 Å². The van der Waals surface area contributed by atoms with Gasteiger partial charge in [0.05, 0.1) is 0 Å². The number of carboxylic acids is 1. The van der Waals surface area contributed by atoms with Crippen molar-refractivity contribution < 1.29 is 9.90 Å². The summed E-state index contributed by atoms with van der Waals surface area (Å²) in [6.07, 6.45) is 0. The fourth-order valence-electron chi connectivity index (χ4n) is 1.21. The van der Waals surface area contributed by atoms with Crippen LogP contribution in [0.2, 0.25) is 0 Å². The number of aliphatic carboxylic acids is 1. The van der Waals surface area contributed by atoms with E-state index >= 15 is 0 Å². The van der Waals surface area contributed by atoms with Crippen LogP contribution in [-0.2, 0) is 4.79 Å². The Hall–Kier alpha value is -1.79. The van der Waals surface area contributed by atoms with Gasteiger partial charge in [-0.05, 0) is 22.9 Å². The van der Waals surface area contributed by atoms with Gasteiger partial charge in [-0.25, -0.2) is 4.79 Å². The van der Waals surface area contributed by atoms with Gasteiger partial charge in [0, 0.05) is 16.2 Å². The number of hydrogen-bond donors (Lipinski definition) is 1. The lowest BCUT2D eigenvalue weighted by molar-refractivity contribution is -0.130. The fraction of sp³-hybridized carbons (Fsp3) is 0. The summed E-state index contributed by atoms with van der Waals surface area (Å²) in [4.78, 5) is 10.3. The molecule has 2 aromatic rings. The topological polar surface area (TPSA) is 37.3 Å². The number of rotatable bonds is 0. The minimum Gasteiger partial charge on any atom is -0.472 e. The summed E-state index contributed by atoms with van der Waals surface area (Å²) in [5.41, 5.74) is 0.778. The Bertz CT molecular complexity index is 543. The van der Waals surface area contributed by atoms with Crippen LogP contribution in [0.1, 0.15) is 5.56 Å². The van der Waals surface area contributed by atoms with E-state index < -0.39 is 5.97 Å². The van der Waals surface area contributed by atoms with Crippen molar-refractivity contribution >= 4 is 27.4 Å². The Morgan fingerprint density at radius 1 is 1.36 bits per heavy atom. The first kappa shape index (κ1) is 8.79. The maximum absolute atomic E-state index is 10.3. The van der Waals surface area contributed by atoms with E-state index in [9.17, 15) is 4.79 Å². The second-order valence-corrected chi connectivity index (χ2v) is 3.62. The molecule has 0 aliphatic rings. The molecule has 2 nitrogen and oxygen atoms in total. The molecule has 14 heavy (non-hydrogen) atoms. The molecule has 0 spiro atoms. The molecule has 0 amide bonds. The van der Waals surface area contributed by atoms with E-state index in [0.717, 1.165) is 15.6 Å². The fourth-order valence-corrected chi connectivity index (χ4v) is 2.08. The zero-order valence-electron chi connectivity index (χ0n) is 7.15. The van der Waals surface area contributed by atoms with Crippen molar-refractivity contribution in [1.82, 2.24) is 0 Å². The number of benzene rings is 1. The Morgan fingerprint density at radius 2 is 2.21 bits per heavy atom. The average molecular weight is 202 g/mol. The van der Waals surface area contributed by atoms with Crippen LogP contribution in [0.5, 0.6) is 0 Å². The van der Waals surface area contributed by atoms with Crippen LogP contribution in [-0.4, -0.2) is 11.1 Å². The van der Waals surface area contributed by atoms with E-state index in [4.69, 9.17) is 5.11 Å². The van der Waals surface area contributed by atoms with Crippen LogP contribution in [0.15, 0.2) is 29.6 Å². The van der Waals surface area contributed by atoms with Gasteiger partial charge in [-0.3, -0.25) is 0 Å². The lowest BCUT2D eigenvalue weighted by Gasteiger charge is -1.91. The molecule has 1 heterocycles. The van der Waals surface area contributed by atoms with E-state index in [1.807, 2.05) is 29.6 Å². The first-order chi connectivity index (χ1) is 6.77. The van der Waals surface area contributed by atoms with E-state index in [1.165, 1.54) is 0 Å². The van der Waals surface area contributed by atoms with Gasteiger partial charge < -0.3 is 5.11 Å². The van der Waals surface area contributed by atoms with Crippen molar-refractivity contribution in [2.24, 2.45) is 0 Å². The monoisotopic (exact) mass is 202 g/mol. The molecule has 1 aromatic heterocycles. The van der Waals surface area contributed by atoms with Crippen molar-refractivity contribution in [3.63, 3.8) is 0 Å². The summed E-state index contributed by atoms with van der Waals surface area (Å²) >= 11 is 1.57. The number of fused-ring (bicyclic) bond motifs is 1. The molecule has 1 aromatic carbocycles. The predicted octanol–water partition coefficient (Wildman–Crippen LogP) is 2.34. The van der Waals surface area contributed by atoms with Crippen molar-refractivity contribution in [3.8, 4) is 11.8 Å². The first-order valence-corrected chi connectivity index (χ1v) is 4.86. The summed E-state index contributed by atoms with van der Waals surface area (Å²) < 4.78 is 1.04. The van der Waals surface area contributed by atoms with E-state index in [2.05, 4.69) is 11.8 Å². The minimum absolute atomic E-state index is 0.778. The standard InChI is InChI=1S/C11H6O2S/c12-10(13)5-4-8-2-1-3-9-6-7-14-11(8)9/h1-3,6-7H,(H,12,13). The summed E-state index contributed by atoms with van der Waals surface area (Å²) in [5, 5.41) is 11.5. The van der Waals surface area contributed by atoms with Gasteiger partial charge in [-0.2, -0.15) is 0 Å². The van der Waals surface area contributed by atoms with Crippen LogP contribution < -0.4 is 0 Å². The van der Waals surface area contributed by atoms with Gasteiger partial charge in [-0.15, -0.1) is 11.3 Å². The summed E-state index contributed by atoms with van der Waals surface area (Å²) in [6.45, 7) is 0. The summed E-state index contributed by atoms with van der Waals surface area (Å²) in [6, 6.07) is 7.68. The molecule has 3 heteroatoms. The highest BCUT2D eigenvalue weighted by atomic mass is 32.1. The maximum Gasteiger partial charge on any atom is 0.382 e. The Labute approximate surface area is 84.8 Å². The molecule has 0 fully saturated rings. The molecule has 0 saturated carbocycles. The van der Waals surface area contributed by atoms with Crippen molar-refractivity contribution in [3.05, 3.63) is 35.2 Å². The van der Waals surface area contributed by atoms with Gasteiger partial charge in [0.25, 0.3) is 0 Å². The second kappa shape index (κ2) is 3.52. The zero-order chi connectivity index (χ0) is 9.97. The molecular weight excluding hydrogens is 196 g/mol. The average Bonchev–Trinajstić information content (AvgIpc) is 2.62. The molecule has 0 unspecified atom stereocenters. The molecule has 1 N–H and O–H groups in total. The number of carbonyl (C=O) groups is 1. The highest BCUT2D eigenvalue weighted by Crippen LogP contribution is 2.23. The lowest BCUT2D eigenvalue weighted by atomic mass is 10.2. The van der Waals surface area contributed by atoms with Crippen LogP contribution in [0.4, 0.5) is 0 Å². The lowest BCUT2D eigenvalue weighted by Crippen LogP contribution is -1.87. The molecule has 0 aliphatic carbocycles. The Morgan fingerprint density at radius 3 is 3.00 bits per heavy atom. The maximum atomic E-state index is 10.3. The zero-order valence-corrected chi connectivity index (χ0v) is 7.97. The number of thiophene rings is 1. The SMILES string of the molecule is O=C(O)C#Cc1cccc2ccsc12. The molecule has 0 aliphatic heterocycles. The first-order valence-electron chi connectivity index (χ1n) is 3.98. The molecular formula is C11H6O2S. The smallest absolute Gasteiger partial charge is 0.382 e. The van der Waals surface area contributed by atoms with Crippen molar-refractivity contribution in [2.75, 3.05) is 0 Å². The molecule has 0 saturated heterocycles. The van der Waals surface area contributed by atoms with E-state index in [-0.39, 0.29) is 0 Å². The number of hydrogen-bond acceptors (Lipinski definition) is 2. The van der Waals surface area contributed by atoms with E-state index in [0.29, 0.717) is 0 Å². The van der Waals surface area contributed by atoms with Crippen molar-refractivity contribution in [2.45, 2.75) is 0 Å². The Kier molecular flexibility index (Phi) is 2.21. The van der Waals surface area contributed by atoms with Gasteiger partial charge >= 0.3 is 5.97 Å². The molecule has 0 bridgehead atoms. The third-order valence-electron chi connectivity index (χ3n) is 1.78. The third kappa shape index (κ3) is 1.61. The van der Waals surface area contributed by atoms with Crippen LogP contribution in [0, 0.1) is 11.8 Å². The quantitative estimate of drug-likeness (QED) is 0.666. The minimum atomic E-state index is -1.10. The summed E-state index contributed by atoms with van der Waals surface area (Å²) in [5.74, 6) is 3.65. The summed E-state index contributed by atoms with van der Waals surface area (Å²) in [7, 11) is 0. The molecule has 68 valence electrons. The normalized spacial score (nSPS) is 9.43. The highest BCUT2D eigenvalue weighted by Gasteiger charge is 1.98. The van der Waals surface area contributed by atoms with Gasteiger partial charge in [-0.1, -0.05) is 18.1 Å².